The Morgan fingerprint density at radius 1 is 0.538 bits per heavy atom. The summed E-state index contributed by atoms with van der Waals surface area (Å²) in [6.07, 6.45) is 7.65. The molecule has 0 N–H and O–H groups in total. The van der Waals surface area contributed by atoms with E-state index in [9.17, 15) is 9.59 Å². The van der Waals surface area contributed by atoms with E-state index < -0.39 is 0 Å². The lowest BCUT2D eigenvalue weighted by atomic mass is 10.1. The van der Waals surface area contributed by atoms with Gasteiger partial charge in [-0.1, -0.05) is 6.42 Å². The molecule has 0 heterocycles. The molecule has 0 amide bonds. The van der Waals surface area contributed by atoms with Crippen molar-refractivity contribution in [1.29, 1.82) is 0 Å². The highest BCUT2D eigenvalue weighted by atomic mass is 16.1. The van der Waals surface area contributed by atoms with Crippen LogP contribution in [0.25, 0.3) is 0 Å². The number of hydrogen-bond donors (Lipinski definition) is 0. The second-order valence-electron chi connectivity index (χ2n) is 3.85. The van der Waals surface area contributed by atoms with Crippen molar-refractivity contribution in [2.45, 2.75) is 57.8 Å². The van der Waals surface area contributed by atoms with Gasteiger partial charge in [-0.15, -0.1) is 0 Å². The van der Waals surface area contributed by atoms with Crippen molar-refractivity contribution in [2.24, 2.45) is 0 Å². The summed E-state index contributed by atoms with van der Waals surface area (Å²) in [5, 5.41) is 0. The van der Waals surface area contributed by atoms with Gasteiger partial charge in [0, 0.05) is 25.7 Å². The van der Waals surface area contributed by atoms with Crippen molar-refractivity contribution >= 4 is 11.6 Å². The van der Waals surface area contributed by atoms with E-state index >= 15 is 0 Å². The van der Waals surface area contributed by atoms with Gasteiger partial charge in [0.15, 0.2) is 0 Å². The Balaban J connectivity index is 2.30. The summed E-state index contributed by atoms with van der Waals surface area (Å²) in [5.74, 6) is 0.767. The van der Waals surface area contributed by atoms with Gasteiger partial charge in [0.05, 0.1) is 0 Å². The fraction of sp³-hybridized carbons (Fsp3) is 0.818. The standard InChI is InChI=1S/C11H18O2/c12-10-6-2-1-3-7-11(13)9-5-4-8-10/h1-9H2. The summed E-state index contributed by atoms with van der Waals surface area (Å²) < 4.78 is 0. The molecular weight excluding hydrogens is 164 g/mol. The van der Waals surface area contributed by atoms with E-state index in [0.29, 0.717) is 24.4 Å². The summed E-state index contributed by atoms with van der Waals surface area (Å²) in [6, 6.07) is 0. The Bertz CT molecular complexity index is 165. The number of rotatable bonds is 0. The van der Waals surface area contributed by atoms with Crippen LogP contribution in [-0.4, -0.2) is 11.6 Å². The van der Waals surface area contributed by atoms with Crippen molar-refractivity contribution in [3.63, 3.8) is 0 Å². The Kier molecular flexibility index (Phi) is 4.73. The van der Waals surface area contributed by atoms with Crippen molar-refractivity contribution in [3.05, 3.63) is 0 Å². The molecule has 2 heteroatoms. The van der Waals surface area contributed by atoms with E-state index in [1.54, 1.807) is 0 Å². The molecule has 1 rings (SSSR count). The second kappa shape index (κ2) is 5.90. The first-order valence-corrected chi connectivity index (χ1v) is 5.32. The minimum absolute atomic E-state index is 0.384. The summed E-state index contributed by atoms with van der Waals surface area (Å²) in [7, 11) is 0. The minimum Gasteiger partial charge on any atom is -0.300 e. The zero-order chi connectivity index (χ0) is 9.52. The lowest BCUT2D eigenvalue weighted by Crippen LogP contribution is -1.97. The largest absolute Gasteiger partial charge is 0.300 e. The molecule has 0 radical (unpaired) electrons. The van der Waals surface area contributed by atoms with Crippen LogP contribution in [0.5, 0.6) is 0 Å². The smallest absolute Gasteiger partial charge is 0.132 e. The van der Waals surface area contributed by atoms with Crippen molar-refractivity contribution in [2.75, 3.05) is 0 Å². The molecule has 1 aliphatic carbocycles. The van der Waals surface area contributed by atoms with Crippen molar-refractivity contribution in [1.82, 2.24) is 0 Å². The van der Waals surface area contributed by atoms with Gasteiger partial charge in [0.2, 0.25) is 0 Å². The molecule has 0 aromatic heterocycles. The van der Waals surface area contributed by atoms with Crippen LogP contribution in [0, 0.1) is 0 Å². The van der Waals surface area contributed by atoms with E-state index in [1.807, 2.05) is 0 Å². The SMILES string of the molecule is O=C1CCCCCC(=O)CCCC1. The first-order valence-electron chi connectivity index (χ1n) is 5.32. The van der Waals surface area contributed by atoms with Crippen LogP contribution in [0.2, 0.25) is 0 Å². The zero-order valence-electron chi connectivity index (χ0n) is 8.18. The molecule has 0 aromatic rings. The third-order valence-corrected chi connectivity index (χ3v) is 2.57. The normalized spacial score (nSPS) is 22.5. The number of carbonyl (C=O) groups is 2. The Morgan fingerprint density at radius 3 is 1.23 bits per heavy atom. The van der Waals surface area contributed by atoms with E-state index in [1.165, 1.54) is 0 Å². The Hall–Kier alpha value is -0.660. The highest BCUT2D eigenvalue weighted by molar-refractivity contribution is 5.79. The molecular formula is C11H18O2. The van der Waals surface area contributed by atoms with Gasteiger partial charge >= 0.3 is 0 Å². The number of carbonyl (C=O) groups excluding carboxylic acids is 2. The zero-order valence-corrected chi connectivity index (χ0v) is 8.18. The minimum atomic E-state index is 0.384. The van der Waals surface area contributed by atoms with Crippen LogP contribution >= 0.6 is 0 Å². The van der Waals surface area contributed by atoms with Crippen LogP contribution in [0.3, 0.4) is 0 Å². The molecule has 0 saturated heterocycles. The quantitative estimate of drug-likeness (QED) is 0.577. The molecule has 0 spiro atoms. The summed E-state index contributed by atoms with van der Waals surface area (Å²) in [5.41, 5.74) is 0. The fourth-order valence-corrected chi connectivity index (χ4v) is 1.72. The van der Waals surface area contributed by atoms with Gasteiger partial charge < -0.3 is 0 Å². The first kappa shape index (κ1) is 10.4. The maximum Gasteiger partial charge on any atom is 0.132 e. The van der Waals surface area contributed by atoms with Gasteiger partial charge in [0.25, 0.3) is 0 Å². The molecule has 1 aliphatic rings. The Morgan fingerprint density at radius 2 is 0.846 bits per heavy atom. The molecule has 0 bridgehead atoms. The van der Waals surface area contributed by atoms with Crippen LogP contribution in [0.1, 0.15) is 57.8 Å². The maximum atomic E-state index is 11.2. The molecule has 1 fully saturated rings. The average molecular weight is 182 g/mol. The molecule has 0 aliphatic heterocycles. The van der Waals surface area contributed by atoms with Gasteiger partial charge in [-0.25, -0.2) is 0 Å². The van der Waals surface area contributed by atoms with Crippen LogP contribution in [0.15, 0.2) is 0 Å². The van der Waals surface area contributed by atoms with E-state index in [2.05, 4.69) is 0 Å². The topological polar surface area (TPSA) is 34.1 Å². The van der Waals surface area contributed by atoms with Gasteiger partial charge in [-0.3, -0.25) is 9.59 Å². The number of Topliss-reactive ketones (excluding diaryl/α,β-unsaturated/α-hetero) is 2. The highest BCUT2D eigenvalue weighted by Gasteiger charge is 2.07. The number of ketones is 2. The second-order valence-corrected chi connectivity index (χ2v) is 3.85. The third-order valence-electron chi connectivity index (χ3n) is 2.57. The summed E-state index contributed by atoms with van der Waals surface area (Å²) in [4.78, 5) is 22.4. The van der Waals surface area contributed by atoms with Crippen molar-refractivity contribution < 1.29 is 9.59 Å². The van der Waals surface area contributed by atoms with Gasteiger partial charge in [-0.2, -0.15) is 0 Å². The molecule has 74 valence electrons. The first-order chi connectivity index (χ1) is 6.29. The van der Waals surface area contributed by atoms with E-state index in [-0.39, 0.29) is 0 Å². The molecule has 0 atom stereocenters. The third kappa shape index (κ3) is 4.81. The summed E-state index contributed by atoms with van der Waals surface area (Å²) >= 11 is 0. The van der Waals surface area contributed by atoms with E-state index in [4.69, 9.17) is 0 Å². The highest BCUT2D eigenvalue weighted by Crippen LogP contribution is 2.12. The monoisotopic (exact) mass is 182 g/mol. The van der Waals surface area contributed by atoms with Crippen LogP contribution < -0.4 is 0 Å². The predicted molar refractivity (Wildman–Crippen MR) is 51.6 cm³/mol. The molecule has 0 aromatic carbocycles. The van der Waals surface area contributed by atoms with E-state index in [0.717, 1.165) is 44.9 Å². The average Bonchev–Trinajstić information content (AvgIpc) is 2.14. The van der Waals surface area contributed by atoms with Gasteiger partial charge in [0.1, 0.15) is 11.6 Å². The van der Waals surface area contributed by atoms with Crippen molar-refractivity contribution in [3.8, 4) is 0 Å². The van der Waals surface area contributed by atoms with Crippen LogP contribution in [0.4, 0.5) is 0 Å². The van der Waals surface area contributed by atoms with Gasteiger partial charge in [-0.05, 0) is 25.7 Å². The molecule has 0 unspecified atom stereocenters. The lowest BCUT2D eigenvalue weighted by Gasteiger charge is -1.97. The predicted octanol–water partition coefficient (Wildman–Crippen LogP) is 2.65. The number of hydrogen-bond acceptors (Lipinski definition) is 2. The maximum absolute atomic E-state index is 11.2. The fourth-order valence-electron chi connectivity index (χ4n) is 1.72. The molecule has 13 heavy (non-hydrogen) atoms. The molecule has 1 saturated carbocycles. The summed E-state index contributed by atoms with van der Waals surface area (Å²) in [6.45, 7) is 0. The lowest BCUT2D eigenvalue weighted by molar-refractivity contribution is -0.120. The van der Waals surface area contributed by atoms with Crippen LogP contribution in [-0.2, 0) is 9.59 Å². The Labute approximate surface area is 79.7 Å². The molecule has 2 nitrogen and oxygen atoms in total.